The van der Waals surface area contributed by atoms with Crippen LogP contribution in [0.4, 0.5) is 4.39 Å². The number of hydrogen-bond donors (Lipinski definition) is 1. The highest BCUT2D eigenvalue weighted by atomic mass is 35.5. The maximum Gasteiger partial charge on any atom is 0.224 e. The van der Waals surface area contributed by atoms with Crippen LogP contribution in [0, 0.1) is 5.82 Å². The first kappa shape index (κ1) is 20.1. The fourth-order valence-electron chi connectivity index (χ4n) is 3.32. The van der Waals surface area contributed by atoms with Crippen LogP contribution >= 0.6 is 12.4 Å². The molecule has 6 nitrogen and oxygen atoms in total. The molecule has 9 heteroatoms. The zero-order valence-corrected chi connectivity index (χ0v) is 15.5. The first-order chi connectivity index (χ1) is 11.5. The summed E-state index contributed by atoms with van der Waals surface area (Å²) in [4.78, 5) is 14.3. The van der Waals surface area contributed by atoms with Crippen LogP contribution in [0.1, 0.15) is 24.4 Å². The van der Waals surface area contributed by atoms with E-state index in [2.05, 4.69) is 5.32 Å². The molecule has 2 fully saturated rings. The maximum absolute atomic E-state index is 13.5. The highest BCUT2D eigenvalue weighted by Gasteiger charge is 2.31. The summed E-state index contributed by atoms with van der Waals surface area (Å²) < 4.78 is 38.5. The lowest BCUT2D eigenvalue weighted by Crippen LogP contribution is -2.49. The molecule has 2 aliphatic heterocycles. The number of benzene rings is 1. The SMILES string of the molecule is Cl.O=C(CCN1CCCS1(=O)=O)N1CCNCC1c1cccc(F)c1. The molecule has 1 amide bonds. The minimum absolute atomic E-state index is 0. The molecule has 0 spiro atoms. The number of piperazine rings is 1. The zero-order chi connectivity index (χ0) is 17.2. The van der Waals surface area contributed by atoms with Crippen molar-refractivity contribution in [1.82, 2.24) is 14.5 Å². The van der Waals surface area contributed by atoms with Crippen LogP contribution in [-0.4, -0.2) is 62.0 Å². The number of amides is 1. The van der Waals surface area contributed by atoms with Crippen molar-refractivity contribution >= 4 is 28.3 Å². The van der Waals surface area contributed by atoms with E-state index < -0.39 is 10.0 Å². The number of sulfonamides is 1. The van der Waals surface area contributed by atoms with Gasteiger partial charge >= 0.3 is 0 Å². The quantitative estimate of drug-likeness (QED) is 0.835. The van der Waals surface area contributed by atoms with Crippen LogP contribution < -0.4 is 5.32 Å². The van der Waals surface area contributed by atoms with E-state index >= 15 is 0 Å². The van der Waals surface area contributed by atoms with E-state index in [1.54, 1.807) is 11.0 Å². The molecule has 2 aliphatic rings. The van der Waals surface area contributed by atoms with Crippen molar-refractivity contribution in [1.29, 1.82) is 0 Å². The smallest absolute Gasteiger partial charge is 0.224 e. The van der Waals surface area contributed by atoms with Crippen molar-refractivity contribution < 1.29 is 17.6 Å². The summed E-state index contributed by atoms with van der Waals surface area (Å²) >= 11 is 0. The van der Waals surface area contributed by atoms with Gasteiger partial charge in [-0.25, -0.2) is 17.1 Å². The number of hydrogen-bond acceptors (Lipinski definition) is 4. The Labute approximate surface area is 153 Å². The van der Waals surface area contributed by atoms with Gasteiger partial charge in [0.05, 0.1) is 11.8 Å². The van der Waals surface area contributed by atoms with E-state index in [9.17, 15) is 17.6 Å². The molecule has 3 rings (SSSR count). The summed E-state index contributed by atoms with van der Waals surface area (Å²) in [5.74, 6) is -0.248. The Morgan fingerprint density at radius 2 is 2.12 bits per heavy atom. The van der Waals surface area contributed by atoms with Gasteiger partial charge in [0.1, 0.15) is 5.82 Å². The lowest BCUT2D eigenvalue weighted by molar-refractivity contribution is -0.134. The molecule has 1 N–H and O–H groups in total. The Bertz CT molecular complexity index is 716. The van der Waals surface area contributed by atoms with Crippen molar-refractivity contribution in [2.75, 3.05) is 38.5 Å². The third kappa shape index (κ3) is 4.69. The van der Waals surface area contributed by atoms with Gasteiger partial charge < -0.3 is 10.2 Å². The number of rotatable bonds is 4. The van der Waals surface area contributed by atoms with Crippen molar-refractivity contribution in [2.24, 2.45) is 0 Å². The van der Waals surface area contributed by atoms with E-state index in [1.807, 2.05) is 6.07 Å². The van der Waals surface area contributed by atoms with Crippen LogP contribution in [0.5, 0.6) is 0 Å². The van der Waals surface area contributed by atoms with Crippen LogP contribution in [-0.2, 0) is 14.8 Å². The molecular weight excluding hydrogens is 369 g/mol. The third-order valence-electron chi connectivity index (χ3n) is 4.58. The average molecular weight is 392 g/mol. The van der Waals surface area contributed by atoms with E-state index in [0.717, 1.165) is 5.56 Å². The van der Waals surface area contributed by atoms with Gasteiger partial charge in [0, 0.05) is 39.1 Å². The lowest BCUT2D eigenvalue weighted by Gasteiger charge is -2.37. The fourth-order valence-corrected chi connectivity index (χ4v) is 4.85. The Balaban J connectivity index is 0.00000225. The molecule has 1 aromatic carbocycles. The minimum atomic E-state index is -3.18. The van der Waals surface area contributed by atoms with Crippen LogP contribution in [0.15, 0.2) is 24.3 Å². The number of halogens is 2. The third-order valence-corrected chi connectivity index (χ3v) is 6.53. The summed E-state index contributed by atoms with van der Waals surface area (Å²) in [7, 11) is -3.18. The number of nitrogens with one attached hydrogen (secondary N) is 1. The highest BCUT2D eigenvalue weighted by molar-refractivity contribution is 7.89. The largest absolute Gasteiger partial charge is 0.333 e. The normalized spacial score (nSPS) is 23.2. The second kappa shape index (κ2) is 8.44. The zero-order valence-electron chi connectivity index (χ0n) is 13.9. The first-order valence-electron chi connectivity index (χ1n) is 8.21. The van der Waals surface area contributed by atoms with Gasteiger partial charge in [0.25, 0.3) is 0 Å². The Morgan fingerprint density at radius 1 is 1.32 bits per heavy atom. The van der Waals surface area contributed by atoms with E-state index in [1.165, 1.54) is 16.4 Å². The topological polar surface area (TPSA) is 69.7 Å². The molecule has 0 aliphatic carbocycles. The minimum Gasteiger partial charge on any atom is -0.333 e. The highest BCUT2D eigenvalue weighted by Crippen LogP contribution is 2.24. The Kier molecular flexibility index (Phi) is 6.79. The second-order valence-electron chi connectivity index (χ2n) is 6.18. The Morgan fingerprint density at radius 3 is 2.80 bits per heavy atom. The van der Waals surface area contributed by atoms with Gasteiger partial charge in [-0.05, 0) is 24.1 Å². The van der Waals surface area contributed by atoms with Crippen molar-refractivity contribution in [3.63, 3.8) is 0 Å². The van der Waals surface area contributed by atoms with Gasteiger partial charge in [0.2, 0.25) is 15.9 Å². The fraction of sp³-hybridized carbons (Fsp3) is 0.562. The molecule has 25 heavy (non-hydrogen) atoms. The first-order valence-corrected chi connectivity index (χ1v) is 9.82. The number of carbonyl (C=O) groups excluding carboxylic acids is 1. The summed E-state index contributed by atoms with van der Waals surface area (Å²) in [5.41, 5.74) is 0.754. The second-order valence-corrected chi connectivity index (χ2v) is 8.27. The van der Waals surface area contributed by atoms with Gasteiger partial charge in [-0.2, -0.15) is 0 Å². The molecule has 0 aromatic heterocycles. The van der Waals surface area contributed by atoms with Gasteiger partial charge in [-0.15, -0.1) is 12.4 Å². The van der Waals surface area contributed by atoms with Gasteiger partial charge in [-0.3, -0.25) is 4.79 Å². The van der Waals surface area contributed by atoms with Crippen molar-refractivity contribution in [2.45, 2.75) is 18.9 Å². The van der Waals surface area contributed by atoms with E-state index in [4.69, 9.17) is 0 Å². The molecule has 0 saturated carbocycles. The summed E-state index contributed by atoms with van der Waals surface area (Å²) in [6.07, 6.45) is 0.779. The standard InChI is InChI=1S/C16H22FN3O3S.ClH/c17-14-4-1-3-13(11-14)15-12-18-6-9-20(15)16(21)5-8-19-7-2-10-24(19,22)23;/h1,3-4,11,15,18H,2,5-10,12H2;1H. The molecule has 140 valence electrons. The molecule has 1 aromatic rings. The van der Waals surface area contributed by atoms with Crippen LogP contribution in [0.2, 0.25) is 0 Å². The molecule has 1 atom stereocenters. The maximum atomic E-state index is 13.5. The predicted molar refractivity (Wildman–Crippen MR) is 95.6 cm³/mol. The number of carbonyl (C=O) groups is 1. The van der Waals surface area contributed by atoms with Crippen LogP contribution in [0.25, 0.3) is 0 Å². The summed E-state index contributed by atoms with van der Waals surface area (Å²) in [5, 5.41) is 3.23. The van der Waals surface area contributed by atoms with Crippen LogP contribution in [0.3, 0.4) is 0 Å². The van der Waals surface area contributed by atoms with Gasteiger partial charge in [-0.1, -0.05) is 12.1 Å². The van der Waals surface area contributed by atoms with Gasteiger partial charge in [0.15, 0.2) is 0 Å². The van der Waals surface area contributed by atoms with E-state index in [0.29, 0.717) is 32.6 Å². The number of nitrogens with zero attached hydrogens (tertiary/aromatic N) is 2. The molecule has 2 heterocycles. The van der Waals surface area contributed by atoms with E-state index in [-0.39, 0.29) is 48.9 Å². The lowest BCUT2D eigenvalue weighted by atomic mass is 10.0. The molecule has 1 unspecified atom stereocenters. The summed E-state index contributed by atoms with van der Waals surface area (Å²) in [6.45, 7) is 2.50. The summed E-state index contributed by atoms with van der Waals surface area (Å²) in [6, 6.07) is 6.05. The predicted octanol–water partition coefficient (Wildman–Crippen LogP) is 1.15. The molecule has 0 bridgehead atoms. The molecule has 2 saturated heterocycles. The van der Waals surface area contributed by atoms with Crippen molar-refractivity contribution in [3.05, 3.63) is 35.6 Å². The Hall–Kier alpha value is -1.22. The molecule has 0 radical (unpaired) electrons. The van der Waals surface area contributed by atoms with Crippen molar-refractivity contribution in [3.8, 4) is 0 Å². The molecular formula is C16H23ClFN3O3S. The monoisotopic (exact) mass is 391 g/mol. The average Bonchev–Trinajstić information content (AvgIpc) is 2.91.